The zero-order valence-corrected chi connectivity index (χ0v) is 21.9. The summed E-state index contributed by atoms with van der Waals surface area (Å²) in [6, 6.07) is 17.5. The highest BCUT2D eigenvalue weighted by atomic mass is 127. The number of hydrogen-bond donors (Lipinski definition) is 2. The van der Waals surface area contributed by atoms with E-state index in [1.165, 1.54) is 12.1 Å². The Balaban J connectivity index is 1.67. The lowest BCUT2D eigenvalue weighted by Gasteiger charge is -2.30. The van der Waals surface area contributed by atoms with Gasteiger partial charge in [-0.1, -0.05) is 49.4 Å². The van der Waals surface area contributed by atoms with Crippen molar-refractivity contribution in [1.82, 2.24) is 10.2 Å². The summed E-state index contributed by atoms with van der Waals surface area (Å²) in [4.78, 5) is 41.1. The zero-order valence-electron chi connectivity index (χ0n) is 19.7. The number of hydrogen-bond acceptors (Lipinski definition) is 4. The van der Waals surface area contributed by atoms with Crippen LogP contribution in [0.1, 0.15) is 36.9 Å². The highest BCUT2D eigenvalue weighted by molar-refractivity contribution is 14.1. The van der Waals surface area contributed by atoms with Crippen LogP contribution in [0.25, 0.3) is 0 Å². The molecule has 186 valence electrons. The third-order valence-corrected chi connectivity index (χ3v) is 6.70. The van der Waals surface area contributed by atoms with Crippen molar-refractivity contribution in [1.29, 1.82) is 0 Å². The molecule has 1 unspecified atom stereocenters. The molecule has 0 spiro atoms. The average Bonchev–Trinajstić information content (AvgIpc) is 3.16. The SMILES string of the molecule is CCOc1ccc([C@H]2NC(=O)N(C(C(=O)Nc3ccc(I)cc3F)[C@@H](C)c3ccccc3)C2=O)cc1. The van der Waals surface area contributed by atoms with E-state index < -0.39 is 41.7 Å². The summed E-state index contributed by atoms with van der Waals surface area (Å²) in [5.74, 6) is -1.75. The lowest BCUT2D eigenvalue weighted by molar-refractivity contribution is -0.134. The number of halogens is 2. The molecule has 1 aliphatic rings. The third kappa shape index (κ3) is 5.35. The fourth-order valence-electron chi connectivity index (χ4n) is 4.21. The van der Waals surface area contributed by atoms with Gasteiger partial charge in [-0.3, -0.25) is 9.59 Å². The van der Waals surface area contributed by atoms with Crippen LogP contribution in [0.3, 0.4) is 0 Å². The minimum Gasteiger partial charge on any atom is -0.494 e. The number of rotatable bonds is 8. The van der Waals surface area contributed by atoms with E-state index in [1.807, 2.05) is 59.8 Å². The van der Waals surface area contributed by atoms with Crippen molar-refractivity contribution in [2.75, 3.05) is 11.9 Å². The highest BCUT2D eigenvalue weighted by Crippen LogP contribution is 2.32. The molecule has 3 aromatic rings. The van der Waals surface area contributed by atoms with Crippen LogP contribution >= 0.6 is 22.6 Å². The fraction of sp³-hybridized carbons (Fsp3) is 0.222. The predicted octanol–water partition coefficient (Wildman–Crippen LogP) is 5.23. The van der Waals surface area contributed by atoms with Crippen LogP contribution in [0.15, 0.2) is 72.8 Å². The molecule has 4 amide bonds. The van der Waals surface area contributed by atoms with Gasteiger partial charge in [-0.15, -0.1) is 0 Å². The number of imide groups is 1. The largest absolute Gasteiger partial charge is 0.494 e. The molecule has 1 heterocycles. The van der Waals surface area contributed by atoms with Gasteiger partial charge in [0.1, 0.15) is 23.7 Å². The van der Waals surface area contributed by atoms with E-state index in [0.29, 0.717) is 21.5 Å². The Morgan fingerprint density at radius 1 is 1.11 bits per heavy atom. The summed E-state index contributed by atoms with van der Waals surface area (Å²) < 4.78 is 20.6. The molecule has 36 heavy (non-hydrogen) atoms. The van der Waals surface area contributed by atoms with Crippen molar-refractivity contribution in [2.24, 2.45) is 0 Å². The van der Waals surface area contributed by atoms with Crippen LogP contribution in [-0.2, 0) is 9.59 Å². The number of benzene rings is 3. The minimum atomic E-state index is -1.22. The Hall–Kier alpha value is -3.47. The number of nitrogens with zero attached hydrogens (tertiary/aromatic N) is 1. The molecule has 0 bridgehead atoms. The Morgan fingerprint density at radius 3 is 2.44 bits per heavy atom. The number of amides is 4. The molecule has 3 atom stereocenters. The van der Waals surface area contributed by atoms with E-state index in [0.717, 1.165) is 10.5 Å². The van der Waals surface area contributed by atoms with Gasteiger partial charge >= 0.3 is 6.03 Å². The van der Waals surface area contributed by atoms with Gasteiger partial charge in [0.25, 0.3) is 5.91 Å². The van der Waals surface area contributed by atoms with Gasteiger partial charge in [0, 0.05) is 9.49 Å². The van der Waals surface area contributed by atoms with Crippen molar-refractivity contribution in [3.63, 3.8) is 0 Å². The van der Waals surface area contributed by atoms with Gasteiger partial charge in [-0.05, 0) is 71.0 Å². The Kier molecular flexibility index (Phi) is 7.88. The second kappa shape index (κ2) is 11.1. The van der Waals surface area contributed by atoms with E-state index in [-0.39, 0.29) is 5.69 Å². The molecule has 3 aromatic carbocycles. The molecule has 7 nitrogen and oxygen atoms in total. The van der Waals surface area contributed by atoms with Crippen LogP contribution < -0.4 is 15.4 Å². The van der Waals surface area contributed by atoms with Crippen LogP contribution in [-0.4, -0.2) is 35.4 Å². The second-order valence-corrected chi connectivity index (χ2v) is 9.60. The van der Waals surface area contributed by atoms with Gasteiger partial charge in [0.2, 0.25) is 5.91 Å². The smallest absolute Gasteiger partial charge is 0.325 e. The van der Waals surface area contributed by atoms with Crippen molar-refractivity contribution >= 4 is 46.1 Å². The first-order valence-electron chi connectivity index (χ1n) is 11.5. The molecular formula is C27H25FIN3O4. The van der Waals surface area contributed by atoms with Gasteiger partial charge in [0.15, 0.2) is 0 Å². The third-order valence-electron chi connectivity index (χ3n) is 6.03. The minimum absolute atomic E-state index is 0.0270. The van der Waals surface area contributed by atoms with Crippen LogP contribution in [0.4, 0.5) is 14.9 Å². The van der Waals surface area contributed by atoms with Crippen molar-refractivity contribution < 1.29 is 23.5 Å². The highest BCUT2D eigenvalue weighted by Gasteiger charge is 2.47. The predicted molar refractivity (Wildman–Crippen MR) is 142 cm³/mol. The molecule has 0 aliphatic carbocycles. The number of carbonyl (C=O) groups is 3. The van der Waals surface area contributed by atoms with E-state index in [2.05, 4.69) is 10.6 Å². The van der Waals surface area contributed by atoms with Crippen LogP contribution in [0.2, 0.25) is 0 Å². The maximum atomic E-state index is 14.5. The first-order chi connectivity index (χ1) is 17.3. The Morgan fingerprint density at radius 2 is 1.81 bits per heavy atom. The average molecular weight is 601 g/mol. The molecule has 1 fully saturated rings. The summed E-state index contributed by atoms with van der Waals surface area (Å²) in [6.07, 6.45) is 0. The summed E-state index contributed by atoms with van der Waals surface area (Å²) in [6.45, 7) is 4.13. The van der Waals surface area contributed by atoms with E-state index in [4.69, 9.17) is 4.74 Å². The standard InChI is InChI=1S/C27H25FIN3O4/c1-3-36-20-12-9-18(10-13-20)23-26(34)32(27(35)31-23)24(16(2)17-7-5-4-6-8-17)25(33)30-22-14-11-19(29)15-21(22)28/h4-16,23-24H,3H2,1-2H3,(H,30,33)(H,31,35)/t16-,23+,24?/m0/s1. The Bertz CT molecular complexity index is 1270. The number of urea groups is 1. The van der Waals surface area contributed by atoms with Crippen LogP contribution in [0.5, 0.6) is 5.75 Å². The van der Waals surface area contributed by atoms with Gasteiger partial charge in [-0.25, -0.2) is 14.1 Å². The van der Waals surface area contributed by atoms with Crippen molar-refractivity contribution in [2.45, 2.75) is 31.8 Å². The van der Waals surface area contributed by atoms with Crippen molar-refractivity contribution in [3.05, 3.63) is 93.3 Å². The summed E-state index contributed by atoms with van der Waals surface area (Å²) in [5, 5.41) is 5.26. The molecule has 2 N–H and O–H groups in total. The van der Waals surface area contributed by atoms with Gasteiger partial charge in [0.05, 0.1) is 12.3 Å². The molecular weight excluding hydrogens is 576 g/mol. The van der Waals surface area contributed by atoms with Gasteiger partial charge < -0.3 is 15.4 Å². The first kappa shape index (κ1) is 25.6. The van der Waals surface area contributed by atoms with Crippen molar-refractivity contribution in [3.8, 4) is 5.75 Å². The zero-order chi connectivity index (χ0) is 25.8. The lowest BCUT2D eigenvalue weighted by Crippen LogP contribution is -2.50. The topological polar surface area (TPSA) is 87.7 Å². The molecule has 9 heteroatoms. The normalized spacial score (nSPS) is 16.9. The summed E-state index contributed by atoms with van der Waals surface area (Å²) in [7, 11) is 0. The molecule has 0 saturated carbocycles. The monoisotopic (exact) mass is 601 g/mol. The van der Waals surface area contributed by atoms with Crippen LogP contribution in [0, 0.1) is 9.39 Å². The number of carbonyl (C=O) groups excluding carboxylic acids is 3. The molecule has 1 saturated heterocycles. The maximum absolute atomic E-state index is 14.5. The second-order valence-electron chi connectivity index (χ2n) is 8.35. The lowest BCUT2D eigenvalue weighted by atomic mass is 9.91. The van der Waals surface area contributed by atoms with E-state index in [1.54, 1.807) is 37.3 Å². The first-order valence-corrected chi connectivity index (χ1v) is 12.5. The number of ether oxygens (including phenoxy) is 1. The summed E-state index contributed by atoms with van der Waals surface area (Å²) >= 11 is 1.97. The van der Waals surface area contributed by atoms with E-state index in [9.17, 15) is 18.8 Å². The molecule has 4 rings (SSSR count). The maximum Gasteiger partial charge on any atom is 0.325 e. The number of nitrogens with one attached hydrogen (secondary N) is 2. The van der Waals surface area contributed by atoms with E-state index >= 15 is 0 Å². The quantitative estimate of drug-likeness (QED) is 0.274. The van der Waals surface area contributed by atoms with Gasteiger partial charge in [-0.2, -0.15) is 0 Å². The summed E-state index contributed by atoms with van der Waals surface area (Å²) in [5.41, 5.74) is 1.29. The molecule has 0 radical (unpaired) electrons. The Labute approximate surface area is 222 Å². The molecule has 1 aliphatic heterocycles. The number of anilines is 1. The molecule has 0 aromatic heterocycles. The fourth-order valence-corrected chi connectivity index (χ4v) is 4.66.